The largest absolute Gasteiger partial charge is 0.481 e. The van der Waals surface area contributed by atoms with Crippen LogP contribution in [0, 0.1) is 17.2 Å². The molecule has 1 unspecified atom stereocenters. The number of carboxylic acid groups (broad SMARTS) is 1. The van der Waals surface area contributed by atoms with Crippen molar-refractivity contribution >= 4 is 29.3 Å². The summed E-state index contributed by atoms with van der Waals surface area (Å²) in [7, 11) is 1.60. The lowest BCUT2D eigenvalue weighted by atomic mass is 9.75. The number of hydrogen-bond acceptors (Lipinski definition) is 3. The number of likely N-dealkylation sites (tertiary alicyclic amines) is 1. The fraction of sp³-hybridized carbons (Fsp3) is 0.444. The molecule has 1 aliphatic rings. The Morgan fingerprint density at radius 2 is 1.54 bits per heavy atom. The van der Waals surface area contributed by atoms with Crippen molar-refractivity contribution in [2.24, 2.45) is 11.3 Å². The van der Waals surface area contributed by atoms with Gasteiger partial charge in [0.1, 0.15) is 5.82 Å². The third-order valence-corrected chi connectivity index (χ3v) is 7.11. The molecule has 1 aliphatic heterocycles. The number of aliphatic carboxylic acids is 1. The standard InChI is InChI=1S/C27H34FN3O4/c1-19(2)20(3)31(23-8-6-5-7-9-23)24(32)18-27(25(33)34)14-16-30(17-15-27)26(35)29(4)22-12-10-21(28)11-13-22/h5-13,19-20H,14-18H2,1-4H3,(H,33,34). The Bertz CT molecular complexity index is 1030. The topological polar surface area (TPSA) is 81.2 Å². The zero-order valence-corrected chi connectivity index (χ0v) is 20.8. The lowest BCUT2D eigenvalue weighted by Crippen LogP contribution is -2.52. The molecule has 3 amide bonds. The highest BCUT2D eigenvalue weighted by atomic mass is 19.1. The molecule has 1 N–H and O–H groups in total. The van der Waals surface area contributed by atoms with Crippen LogP contribution in [0.3, 0.4) is 0 Å². The van der Waals surface area contributed by atoms with E-state index in [1.54, 1.807) is 16.8 Å². The van der Waals surface area contributed by atoms with Crippen molar-refractivity contribution in [2.75, 3.05) is 29.9 Å². The summed E-state index contributed by atoms with van der Waals surface area (Å²) in [5.74, 6) is -1.46. The second-order valence-electron chi connectivity index (χ2n) is 9.65. The van der Waals surface area contributed by atoms with Crippen molar-refractivity contribution in [2.45, 2.75) is 46.1 Å². The zero-order chi connectivity index (χ0) is 25.8. The van der Waals surface area contributed by atoms with E-state index >= 15 is 0 Å². The maximum atomic E-state index is 13.5. The molecule has 188 valence electrons. The lowest BCUT2D eigenvalue weighted by molar-refractivity contribution is -0.154. The minimum absolute atomic E-state index is 0.109. The van der Waals surface area contributed by atoms with Gasteiger partial charge in [-0.3, -0.25) is 14.5 Å². The summed E-state index contributed by atoms with van der Waals surface area (Å²) in [5, 5.41) is 10.2. The first kappa shape index (κ1) is 26.2. The normalized spacial score (nSPS) is 16.0. The van der Waals surface area contributed by atoms with Crippen molar-refractivity contribution in [3.8, 4) is 0 Å². The van der Waals surface area contributed by atoms with Crippen LogP contribution in [-0.4, -0.2) is 54.1 Å². The average molecular weight is 484 g/mol. The van der Waals surface area contributed by atoms with Gasteiger partial charge < -0.3 is 14.9 Å². The van der Waals surface area contributed by atoms with E-state index in [1.807, 2.05) is 51.1 Å². The zero-order valence-electron chi connectivity index (χ0n) is 20.8. The summed E-state index contributed by atoms with van der Waals surface area (Å²) < 4.78 is 13.2. The predicted molar refractivity (Wildman–Crippen MR) is 134 cm³/mol. The van der Waals surface area contributed by atoms with E-state index in [4.69, 9.17) is 0 Å². The summed E-state index contributed by atoms with van der Waals surface area (Å²) in [6, 6.07) is 14.5. The number of halogens is 1. The third kappa shape index (κ3) is 5.81. The average Bonchev–Trinajstić information content (AvgIpc) is 2.84. The molecule has 1 heterocycles. The van der Waals surface area contributed by atoms with E-state index in [0.717, 1.165) is 5.69 Å². The second-order valence-corrected chi connectivity index (χ2v) is 9.65. The van der Waals surface area contributed by atoms with Crippen LogP contribution in [0.2, 0.25) is 0 Å². The summed E-state index contributed by atoms with van der Waals surface area (Å²) >= 11 is 0. The van der Waals surface area contributed by atoms with Gasteiger partial charge in [-0.1, -0.05) is 32.0 Å². The summed E-state index contributed by atoms with van der Waals surface area (Å²) in [6.07, 6.45) is 0.218. The quantitative estimate of drug-likeness (QED) is 0.600. The number of carbonyl (C=O) groups is 3. The highest BCUT2D eigenvalue weighted by Crippen LogP contribution is 2.38. The molecular formula is C27H34FN3O4. The van der Waals surface area contributed by atoms with Crippen LogP contribution < -0.4 is 9.80 Å². The van der Waals surface area contributed by atoms with Crippen LogP contribution in [0.5, 0.6) is 0 Å². The highest BCUT2D eigenvalue weighted by molar-refractivity contribution is 5.97. The molecule has 1 saturated heterocycles. The van der Waals surface area contributed by atoms with Crippen molar-refractivity contribution in [3.63, 3.8) is 0 Å². The predicted octanol–water partition coefficient (Wildman–Crippen LogP) is 5.02. The lowest BCUT2D eigenvalue weighted by Gasteiger charge is -2.41. The first-order chi connectivity index (χ1) is 16.6. The molecule has 0 spiro atoms. The van der Waals surface area contributed by atoms with E-state index in [-0.39, 0.29) is 62.1 Å². The van der Waals surface area contributed by atoms with E-state index in [1.165, 1.54) is 29.2 Å². The first-order valence-corrected chi connectivity index (χ1v) is 11.9. The smallest absolute Gasteiger partial charge is 0.324 e. The molecular weight excluding hydrogens is 449 g/mol. The van der Waals surface area contributed by atoms with Gasteiger partial charge in [-0.2, -0.15) is 0 Å². The van der Waals surface area contributed by atoms with E-state index < -0.39 is 11.4 Å². The number of nitrogens with zero attached hydrogens (tertiary/aromatic N) is 3. The van der Waals surface area contributed by atoms with Gasteiger partial charge >= 0.3 is 12.0 Å². The molecule has 0 aliphatic carbocycles. The molecule has 1 fully saturated rings. The van der Waals surface area contributed by atoms with Gasteiger partial charge in [0.15, 0.2) is 0 Å². The Morgan fingerprint density at radius 1 is 0.971 bits per heavy atom. The Kier molecular flexibility index (Phi) is 8.14. The number of carbonyl (C=O) groups excluding carboxylic acids is 2. The van der Waals surface area contributed by atoms with Crippen LogP contribution in [0.1, 0.15) is 40.0 Å². The first-order valence-electron chi connectivity index (χ1n) is 11.9. The maximum absolute atomic E-state index is 13.5. The van der Waals surface area contributed by atoms with Crippen LogP contribution >= 0.6 is 0 Å². The fourth-order valence-electron chi connectivity index (χ4n) is 4.45. The fourth-order valence-corrected chi connectivity index (χ4v) is 4.45. The minimum atomic E-state index is -1.24. The number of amides is 3. The molecule has 7 nitrogen and oxygen atoms in total. The Labute approximate surface area is 206 Å². The molecule has 2 aromatic rings. The Balaban J connectivity index is 1.74. The molecule has 8 heteroatoms. The van der Waals surface area contributed by atoms with Crippen LogP contribution in [-0.2, 0) is 9.59 Å². The van der Waals surface area contributed by atoms with Gasteiger partial charge in [0.2, 0.25) is 5.91 Å². The molecule has 0 radical (unpaired) electrons. The summed E-state index contributed by atoms with van der Waals surface area (Å²) in [5.41, 5.74) is 0.0436. The van der Waals surface area contributed by atoms with Gasteiger partial charge in [-0.15, -0.1) is 0 Å². The number of benzene rings is 2. The highest BCUT2D eigenvalue weighted by Gasteiger charge is 2.45. The van der Waals surface area contributed by atoms with Gasteiger partial charge in [0.25, 0.3) is 0 Å². The van der Waals surface area contributed by atoms with Gasteiger partial charge in [0, 0.05) is 44.0 Å². The monoisotopic (exact) mass is 483 g/mol. The number of urea groups is 1. The van der Waals surface area contributed by atoms with Gasteiger partial charge in [-0.05, 0) is 62.1 Å². The molecule has 1 atom stereocenters. The number of anilines is 2. The van der Waals surface area contributed by atoms with Crippen LogP contribution in [0.4, 0.5) is 20.6 Å². The third-order valence-electron chi connectivity index (χ3n) is 7.11. The van der Waals surface area contributed by atoms with Gasteiger partial charge in [0.05, 0.1) is 5.41 Å². The van der Waals surface area contributed by atoms with Crippen LogP contribution in [0.15, 0.2) is 54.6 Å². The minimum Gasteiger partial charge on any atom is -0.481 e. The second kappa shape index (κ2) is 10.9. The van der Waals surface area contributed by atoms with Crippen molar-refractivity contribution in [3.05, 3.63) is 60.4 Å². The van der Waals surface area contributed by atoms with Crippen molar-refractivity contribution in [1.29, 1.82) is 0 Å². The molecule has 2 aromatic carbocycles. The number of rotatable bonds is 7. The summed E-state index contributed by atoms with van der Waals surface area (Å²) in [4.78, 5) is 43.6. The van der Waals surface area contributed by atoms with Crippen molar-refractivity contribution < 1.29 is 23.9 Å². The summed E-state index contributed by atoms with van der Waals surface area (Å²) in [6.45, 7) is 6.46. The SMILES string of the molecule is CC(C)C(C)N(C(=O)CC1(C(=O)O)CCN(C(=O)N(C)c2ccc(F)cc2)CC1)c1ccccc1. The van der Waals surface area contributed by atoms with E-state index in [0.29, 0.717) is 5.69 Å². The van der Waals surface area contributed by atoms with E-state index in [9.17, 15) is 23.9 Å². The molecule has 35 heavy (non-hydrogen) atoms. The maximum Gasteiger partial charge on any atom is 0.324 e. The molecule has 3 rings (SSSR count). The van der Waals surface area contributed by atoms with Crippen LogP contribution in [0.25, 0.3) is 0 Å². The van der Waals surface area contributed by atoms with Crippen molar-refractivity contribution in [1.82, 2.24) is 4.90 Å². The Morgan fingerprint density at radius 3 is 2.06 bits per heavy atom. The molecule has 0 saturated carbocycles. The number of piperidine rings is 1. The number of carboxylic acids is 1. The van der Waals surface area contributed by atoms with Gasteiger partial charge in [-0.25, -0.2) is 9.18 Å². The number of hydrogen-bond donors (Lipinski definition) is 1. The molecule has 0 bridgehead atoms. The van der Waals surface area contributed by atoms with E-state index in [2.05, 4.69) is 0 Å². The number of para-hydroxylation sites is 1. The molecule has 0 aromatic heterocycles. The Hall–Kier alpha value is -3.42.